The quantitative estimate of drug-likeness (QED) is 0.301. The van der Waals surface area contributed by atoms with Gasteiger partial charge < -0.3 is 9.73 Å². The van der Waals surface area contributed by atoms with E-state index < -0.39 is 0 Å². The molecule has 2 N–H and O–H groups in total. The molecule has 0 saturated carbocycles. The van der Waals surface area contributed by atoms with Crippen LogP contribution in [0.2, 0.25) is 0 Å². The van der Waals surface area contributed by atoms with Crippen LogP contribution in [-0.4, -0.2) is 16.3 Å². The maximum Gasteiger partial charge on any atom is 0.191 e. The van der Waals surface area contributed by atoms with Crippen LogP contribution in [0.3, 0.4) is 0 Å². The molecular formula is C19H14N4OS2. The van der Waals surface area contributed by atoms with Gasteiger partial charge in [0.1, 0.15) is 5.76 Å². The molecule has 0 fully saturated rings. The number of hydrazone groups is 1. The summed E-state index contributed by atoms with van der Waals surface area (Å²) in [5.74, 6) is 1.34. The zero-order valence-electron chi connectivity index (χ0n) is 13.5. The van der Waals surface area contributed by atoms with Gasteiger partial charge in [0.15, 0.2) is 15.9 Å². The lowest BCUT2D eigenvalue weighted by molar-refractivity contribution is 0.574. The molecule has 0 amide bonds. The number of thiazole rings is 1. The second-order valence-corrected chi connectivity index (χ2v) is 6.82. The summed E-state index contributed by atoms with van der Waals surface area (Å²) < 4.78 is 6.93. The number of hydrogen-bond donors (Lipinski definition) is 2. The molecule has 2 aromatic heterocycles. The lowest BCUT2D eigenvalue weighted by atomic mass is 10.3. The Labute approximate surface area is 159 Å². The molecular weight excluding hydrogens is 364 g/mol. The van der Waals surface area contributed by atoms with Crippen LogP contribution in [0.4, 0.5) is 5.69 Å². The molecule has 4 rings (SSSR count). The lowest BCUT2D eigenvalue weighted by Gasteiger charge is -2.05. The molecule has 0 aliphatic heterocycles. The maximum absolute atomic E-state index is 5.79. The number of rotatable bonds is 4. The summed E-state index contributed by atoms with van der Waals surface area (Å²) in [4.78, 5) is 4.59. The normalized spacial score (nSPS) is 11.1. The molecule has 0 unspecified atom stereocenters. The van der Waals surface area contributed by atoms with Crippen molar-refractivity contribution in [1.29, 1.82) is 0 Å². The largest absolute Gasteiger partial charge is 0.453 e. The molecule has 0 aliphatic rings. The van der Waals surface area contributed by atoms with Crippen LogP contribution < -0.4 is 10.7 Å². The number of furan rings is 1. The number of nitrogens with one attached hydrogen (secondary N) is 2. The number of nitrogens with zero attached hydrogens (tertiary/aromatic N) is 2. The summed E-state index contributed by atoms with van der Waals surface area (Å²) in [5, 5.41) is 8.39. The predicted molar refractivity (Wildman–Crippen MR) is 111 cm³/mol. The van der Waals surface area contributed by atoms with E-state index in [4.69, 9.17) is 16.6 Å². The van der Waals surface area contributed by atoms with Crippen molar-refractivity contribution in [1.82, 2.24) is 10.4 Å². The summed E-state index contributed by atoms with van der Waals surface area (Å²) in [6.45, 7) is 0. The lowest BCUT2D eigenvalue weighted by Crippen LogP contribution is -2.23. The third-order valence-corrected chi connectivity index (χ3v) is 4.77. The molecule has 0 atom stereocenters. The van der Waals surface area contributed by atoms with Crippen molar-refractivity contribution in [3.8, 4) is 10.8 Å². The predicted octanol–water partition coefficient (Wildman–Crippen LogP) is 4.88. The van der Waals surface area contributed by atoms with E-state index in [1.54, 1.807) is 17.6 Å². The second kappa shape index (κ2) is 7.47. The van der Waals surface area contributed by atoms with Crippen LogP contribution in [0.25, 0.3) is 21.0 Å². The molecule has 7 heteroatoms. The molecule has 0 radical (unpaired) electrons. The van der Waals surface area contributed by atoms with Gasteiger partial charge in [-0.25, -0.2) is 4.98 Å². The van der Waals surface area contributed by atoms with Crippen molar-refractivity contribution in [3.05, 3.63) is 72.5 Å². The van der Waals surface area contributed by atoms with Crippen molar-refractivity contribution < 1.29 is 4.42 Å². The topological polar surface area (TPSA) is 62.5 Å². The van der Waals surface area contributed by atoms with E-state index in [-0.39, 0.29) is 0 Å². The van der Waals surface area contributed by atoms with Crippen LogP contribution in [-0.2, 0) is 0 Å². The van der Waals surface area contributed by atoms with Crippen LogP contribution in [0.1, 0.15) is 5.76 Å². The minimum Gasteiger partial charge on any atom is -0.453 e. The first-order valence-electron chi connectivity index (χ1n) is 7.89. The minimum absolute atomic E-state index is 0.408. The average molecular weight is 378 g/mol. The van der Waals surface area contributed by atoms with Gasteiger partial charge in [0.05, 0.1) is 16.4 Å². The number of fused-ring (bicyclic) bond motifs is 1. The van der Waals surface area contributed by atoms with Gasteiger partial charge in [0.25, 0.3) is 0 Å². The first-order chi connectivity index (χ1) is 12.8. The number of benzene rings is 2. The van der Waals surface area contributed by atoms with Crippen molar-refractivity contribution in [3.63, 3.8) is 0 Å². The number of aromatic nitrogens is 1. The van der Waals surface area contributed by atoms with Gasteiger partial charge in [-0.1, -0.05) is 30.3 Å². The highest BCUT2D eigenvalue weighted by atomic mass is 32.1. The van der Waals surface area contributed by atoms with Crippen molar-refractivity contribution in [2.45, 2.75) is 0 Å². The highest BCUT2D eigenvalue weighted by Gasteiger charge is 2.09. The van der Waals surface area contributed by atoms with Crippen molar-refractivity contribution >= 4 is 50.8 Å². The summed E-state index contributed by atoms with van der Waals surface area (Å²) in [5.41, 5.74) is 4.64. The van der Waals surface area contributed by atoms with E-state index >= 15 is 0 Å². The van der Waals surface area contributed by atoms with E-state index in [2.05, 4.69) is 20.8 Å². The zero-order valence-corrected chi connectivity index (χ0v) is 15.2. The Morgan fingerprint density at radius 3 is 2.69 bits per heavy atom. The van der Waals surface area contributed by atoms with E-state index in [0.717, 1.165) is 26.7 Å². The van der Waals surface area contributed by atoms with Crippen molar-refractivity contribution in [2.24, 2.45) is 5.10 Å². The van der Waals surface area contributed by atoms with E-state index in [0.29, 0.717) is 10.9 Å². The maximum atomic E-state index is 5.79. The Morgan fingerprint density at radius 2 is 1.85 bits per heavy atom. The van der Waals surface area contributed by atoms with Gasteiger partial charge >= 0.3 is 0 Å². The molecule has 26 heavy (non-hydrogen) atoms. The Bertz CT molecular complexity index is 1040. The van der Waals surface area contributed by atoms with E-state index in [1.807, 2.05) is 66.7 Å². The molecule has 2 aromatic carbocycles. The van der Waals surface area contributed by atoms with Crippen LogP contribution >= 0.6 is 23.6 Å². The molecule has 2 heterocycles. The van der Waals surface area contributed by atoms with E-state index in [1.165, 1.54) is 0 Å². The smallest absolute Gasteiger partial charge is 0.191 e. The molecule has 128 valence electrons. The minimum atomic E-state index is 0.408. The van der Waals surface area contributed by atoms with E-state index in [9.17, 15) is 0 Å². The first kappa shape index (κ1) is 16.4. The van der Waals surface area contributed by atoms with Crippen LogP contribution in [0.5, 0.6) is 0 Å². The fourth-order valence-electron chi connectivity index (χ4n) is 2.35. The van der Waals surface area contributed by atoms with Crippen LogP contribution in [0, 0.1) is 0 Å². The highest BCUT2D eigenvalue weighted by molar-refractivity contribution is 7.80. The Kier molecular flexibility index (Phi) is 4.72. The van der Waals surface area contributed by atoms with Gasteiger partial charge in [0.2, 0.25) is 0 Å². The van der Waals surface area contributed by atoms with Gasteiger partial charge in [-0.05, 0) is 48.6 Å². The molecule has 0 bridgehead atoms. The SMILES string of the molecule is S=C(NN=Cc1ccc(-c2nc3ccccc3s2)o1)Nc1ccccc1. The average Bonchev–Trinajstić information content (AvgIpc) is 3.29. The highest BCUT2D eigenvalue weighted by Crippen LogP contribution is 2.30. The fraction of sp³-hybridized carbons (Fsp3) is 0. The number of thiocarbonyl (C=S) groups is 1. The molecule has 4 aromatic rings. The summed E-state index contributed by atoms with van der Waals surface area (Å²) >= 11 is 6.79. The van der Waals surface area contributed by atoms with Crippen molar-refractivity contribution in [2.75, 3.05) is 5.32 Å². The molecule has 0 spiro atoms. The van der Waals surface area contributed by atoms with Gasteiger partial charge in [0, 0.05) is 5.69 Å². The summed E-state index contributed by atoms with van der Waals surface area (Å²) in [6.07, 6.45) is 1.58. The van der Waals surface area contributed by atoms with Gasteiger partial charge in [-0.2, -0.15) is 5.10 Å². The molecule has 0 saturated heterocycles. The Hall–Kier alpha value is -3.03. The Balaban J connectivity index is 1.40. The fourth-order valence-corrected chi connectivity index (χ4v) is 3.45. The van der Waals surface area contributed by atoms with Gasteiger partial charge in [-0.15, -0.1) is 11.3 Å². The second-order valence-electron chi connectivity index (χ2n) is 5.38. The number of anilines is 1. The number of hydrogen-bond acceptors (Lipinski definition) is 5. The number of para-hydroxylation sites is 2. The molecule has 5 nitrogen and oxygen atoms in total. The zero-order chi connectivity index (χ0) is 17.8. The third kappa shape index (κ3) is 3.79. The Morgan fingerprint density at radius 1 is 1.04 bits per heavy atom. The molecule has 0 aliphatic carbocycles. The standard InChI is InChI=1S/C19H14N4OS2/c25-19(21-13-6-2-1-3-7-13)23-20-12-14-10-11-16(24-14)18-22-15-8-4-5-9-17(15)26-18/h1-12H,(H2,21,23,25). The monoisotopic (exact) mass is 378 g/mol. The van der Waals surface area contributed by atoms with Crippen LogP contribution in [0.15, 0.2) is 76.2 Å². The first-order valence-corrected chi connectivity index (χ1v) is 9.11. The summed E-state index contributed by atoms with van der Waals surface area (Å²) in [6, 6.07) is 21.4. The van der Waals surface area contributed by atoms with Gasteiger partial charge in [-0.3, -0.25) is 5.43 Å². The summed E-state index contributed by atoms with van der Waals surface area (Å²) in [7, 11) is 0. The third-order valence-electron chi connectivity index (χ3n) is 3.52.